The molecular weight excluding hydrogens is 288 g/mol. The zero-order chi connectivity index (χ0) is 17.3. The summed E-state index contributed by atoms with van der Waals surface area (Å²) < 4.78 is 4.92. The molecule has 3 nitrogen and oxygen atoms in total. The van der Waals surface area contributed by atoms with Crippen LogP contribution in [-0.2, 0) is 14.3 Å². The number of ether oxygens (including phenoxy) is 1. The van der Waals surface area contributed by atoms with Gasteiger partial charge in [0.15, 0.2) is 0 Å². The lowest BCUT2D eigenvalue weighted by Crippen LogP contribution is -2.40. The maximum absolute atomic E-state index is 12.0. The summed E-state index contributed by atoms with van der Waals surface area (Å²) in [6.45, 7) is 9.23. The molecule has 0 radical (unpaired) electrons. The SMILES string of the molecule is CCC1=C(C=O)C(C(=O)OC)CCC1[C@@]1(C)CCCC(C)(C)C1. The van der Waals surface area contributed by atoms with Crippen LogP contribution in [0.2, 0.25) is 0 Å². The van der Waals surface area contributed by atoms with Gasteiger partial charge in [0.25, 0.3) is 0 Å². The molecule has 0 amide bonds. The zero-order valence-corrected chi connectivity index (χ0v) is 15.4. The van der Waals surface area contributed by atoms with Gasteiger partial charge in [-0.1, -0.05) is 39.7 Å². The smallest absolute Gasteiger partial charge is 0.313 e. The van der Waals surface area contributed by atoms with Crippen molar-refractivity contribution in [3.63, 3.8) is 0 Å². The van der Waals surface area contributed by atoms with Crippen LogP contribution < -0.4 is 0 Å². The second kappa shape index (κ2) is 6.78. The van der Waals surface area contributed by atoms with E-state index in [4.69, 9.17) is 4.74 Å². The van der Waals surface area contributed by atoms with Gasteiger partial charge in [0.2, 0.25) is 0 Å². The van der Waals surface area contributed by atoms with Gasteiger partial charge in [-0.05, 0) is 55.3 Å². The van der Waals surface area contributed by atoms with Gasteiger partial charge in [0.1, 0.15) is 6.29 Å². The Bertz CT molecular complexity index is 503. The number of hydrogen-bond donors (Lipinski definition) is 0. The lowest BCUT2D eigenvalue weighted by atomic mass is 9.55. The fraction of sp³-hybridized carbons (Fsp3) is 0.800. The predicted octanol–water partition coefficient (Wildman–Crippen LogP) is 4.70. The van der Waals surface area contributed by atoms with Gasteiger partial charge in [0.05, 0.1) is 13.0 Å². The van der Waals surface area contributed by atoms with Crippen LogP contribution in [0.4, 0.5) is 0 Å². The monoisotopic (exact) mass is 320 g/mol. The van der Waals surface area contributed by atoms with Crippen LogP contribution in [0, 0.1) is 22.7 Å². The molecule has 0 bridgehead atoms. The van der Waals surface area contributed by atoms with E-state index in [1.165, 1.54) is 38.4 Å². The number of methoxy groups -OCH3 is 1. The molecule has 0 saturated heterocycles. The quantitative estimate of drug-likeness (QED) is 0.557. The minimum absolute atomic E-state index is 0.239. The van der Waals surface area contributed by atoms with E-state index in [0.717, 1.165) is 25.5 Å². The zero-order valence-electron chi connectivity index (χ0n) is 15.4. The molecular formula is C20H32O3. The van der Waals surface area contributed by atoms with Gasteiger partial charge in [-0.15, -0.1) is 0 Å². The molecule has 3 atom stereocenters. The predicted molar refractivity (Wildman–Crippen MR) is 92.0 cm³/mol. The van der Waals surface area contributed by atoms with Gasteiger partial charge in [-0.3, -0.25) is 9.59 Å². The van der Waals surface area contributed by atoms with E-state index >= 15 is 0 Å². The summed E-state index contributed by atoms with van der Waals surface area (Å²) in [6.07, 6.45) is 8.46. The highest BCUT2D eigenvalue weighted by Crippen LogP contribution is 2.55. The van der Waals surface area contributed by atoms with Crippen molar-refractivity contribution in [1.82, 2.24) is 0 Å². The Morgan fingerprint density at radius 2 is 1.96 bits per heavy atom. The van der Waals surface area contributed by atoms with Crippen LogP contribution in [0.1, 0.15) is 72.6 Å². The second-order valence-electron chi connectivity index (χ2n) is 8.51. The van der Waals surface area contributed by atoms with E-state index in [9.17, 15) is 9.59 Å². The first-order valence-corrected chi connectivity index (χ1v) is 9.04. The van der Waals surface area contributed by atoms with Gasteiger partial charge < -0.3 is 4.74 Å². The highest BCUT2D eigenvalue weighted by molar-refractivity contribution is 5.88. The van der Waals surface area contributed by atoms with Gasteiger partial charge in [-0.2, -0.15) is 0 Å². The minimum atomic E-state index is -0.357. The lowest BCUT2D eigenvalue weighted by molar-refractivity contribution is -0.145. The third-order valence-electron chi connectivity index (χ3n) is 6.23. The van der Waals surface area contributed by atoms with Gasteiger partial charge in [-0.25, -0.2) is 0 Å². The Hall–Kier alpha value is -1.12. The van der Waals surface area contributed by atoms with E-state index in [1.54, 1.807) is 0 Å². The first-order valence-electron chi connectivity index (χ1n) is 9.04. The third kappa shape index (κ3) is 3.54. The largest absolute Gasteiger partial charge is 0.469 e. The number of carbonyl (C=O) groups is 2. The standard InChI is InChI=1S/C20H32O3/c1-6-14-16(12-21)15(18(22)23-5)8-9-17(14)20(4)11-7-10-19(2,3)13-20/h12,15,17H,6-11,13H2,1-5H3/t15?,17?,20-/m0/s1. The Morgan fingerprint density at radius 1 is 1.26 bits per heavy atom. The van der Waals surface area contributed by atoms with Crippen LogP contribution in [-0.4, -0.2) is 19.4 Å². The number of allylic oxidation sites excluding steroid dienone is 1. The molecule has 3 heteroatoms. The third-order valence-corrected chi connectivity index (χ3v) is 6.23. The Morgan fingerprint density at radius 3 is 2.48 bits per heavy atom. The summed E-state index contributed by atoms with van der Waals surface area (Å²) in [5.74, 6) is -0.192. The summed E-state index contributed by atoms with van der Waals surface area (Å²) in [5.41, 5.74) is 2.52. The molecule has 1 fully saturated rings. The molecule has 2 unspecified atom stereocenters. The van der Waals surface area contributed by atoms with E-state index in [0.29, 0.717) is 16.9 Å². The van der Waals surface area contributed by atoms with Crippen molar-refractivity contribution in [2.75, 3.05) is 7.11 Å². The van der Waals surface area contributed by atoms with Crippen LogP contribution in [0.5, 0.6) is 0 Å². The van der Waals surface area contributed by atoms with Crippen molar-refractivity contribution >= 4 is 12.3 Å². The average molecular weight is 320 g/mol. The average Bonchev–Trinajstić information content (AvgIpc) is 2.51. The molecule has 0 aromatic heterocycles. The molecule has 2 aliphatic carbocycles. The summed E-state index contributed by atoms with van der Waals surface area (Å²) in [4.78, 5) is 23.8. The number of carbonyl (C=O) groups excluding carboxylic acids is 2. The number of aldehydes is 1. The van der Waals surface area contributed by atoms with E-state index in [-0.39, 0.29) is 17.3 Å². The Labute approximate surface area is 140 Å². The van der Waals surface area contributed by atoms with Crippen molar-refractivity contribution in [3.05, 3.63) is 11.1 Å². The fourth-order valence-electron chi connectivity index (χ4n) is 5.39. The maximum atomic E-state index is 12.0. The number of rotatable bonds is 4. The van der Waals surface area contributed by atoms with Crippen LogP contribution >= 0.6 is 0 Å². The van der Waals surface area contributed by atoms with Crippen LogP contribution in [0.25, 0.3) is 0 Å². The van der Waals surface area contributed by atoms with Gasteiger partial charge in [0, 0.05) is 5.57 Å². The summed E-state index contributed by atoms with van der Waals surface area (Å²) in [5, 5.41) is 0. The number of esters is 1. The van der Waals surface area contributed by atoms with Gasteiger partial charge >= 0.3 is 5.97 Å². The molecule has 2 rings (SSSR count). The van der Waals surface area contributed by atoms with E-state index in [2.05, 4.69) is 27.7 Å². The molecule has 1 saturated carbocycles. The molecule has 0 spiro atoms. The normalized spacial score (nSPS) is 34.1. The first-order chi connectivity index (χ1) is 10.8. The molecule has 0 N–H and O–H groups in total. The molecule has 23 heavy (non-hydrogen) atoms. The highest BCUT2D eigenvalue weighted by Gasteiger charge is 2.46. The van der Waals surface area contributed by atoms with Crippen molar-refractivity contribution in [2.45, 2.75) is 72.6 Å². The van der Waals surface area contributed by atoms with Crippen molar-refractivity contribution in [2.24, 2.45) is 22.7 Å². The second-order valence-corrected chi connectivity index (χ2v) is 8.51. The first kappa shape index (κ1) is 18.2. The molecule has 0 aromatic carbocycles. The van der Waals surface area contributed by atoms with E-state index in [1.807, 2.05) is 0 Å². The summed E-state index contributed by atoms with van der Waals surface area (Å²) >= 11 is 0. The molecule has 0 aliphatic heterocycles. The lowest BCUT2D eigenvalue weighted by Gasteiger charge is -2.50. The van der Waals surface area contributed by atoms with Crippen molar-refractivity contribution in [3.8, 4) is 0 Å². The van der Waals surface area contributed by atoms with Crippen molar-refractivity contribution in [1.29, 1.82) is 0 Å². The van der Waals surface area contributed by atoms with Crippen LogP contribution in [0.3, 0.4) is 0 Å². The van der Waals surface area contributed by atoms with E-state index < -0.39 is 0 Å². The Kier molecular flexibility index (Phi) is 5.37. The maximum Gasteiger partial charge on any atom is 0.313 e. The fourth-order valence-corrected chi connectivity index (χ4v) is 5.39. The highest BCUT2D eigenvalue weighted by atomic mass is 16.5. The molecule has 130 valence electrons. The summed E-state index contributed by atoms with van der Waals surface area (Å²) in [6, 6.07) is 0. The summed E-state index contributed by atoms with van der Waals surface area (Å²) in [7, 11) is 1.41. The Balaban J connectivity index is 2.39. The topological polar surface area (TPSA) is 43.4 Å². The molecule has 0 aromatic rings. The molecule has 2 aliphatic rings. The van der Waals surface area contributed by atoms with Crippen molar-refractivity contribution < 1.29 is 14.3 Å². The van der Waals surface area contributed by atoms with Crippen LogP contribution in [0.15, 0.2) is 11.1 Å². The minimum Gasteiger partial charge on any atom is -0.469 e. The number of hydrogen-bond acceptors (Lipinski definition) is 3. The molecule has 0 heterocycles.